The predicted octanol–water partition coefficient (Wildman–Crippen LogP) is 0.679. The van der Waals surface area contributed by atoms with E-state index in [1.165, 1.54) is 12.8 Å². The maximum Gasteiger partial charge on any atom is 0.222 e. The third-order valence-electron chi connectivity index (χ3n) is 5.80. The van der Waals surface area contributed by atoms with Crippen LogP contribution in [0.2, 0.25) is 0 Å². The summed E-state index contributed by atoms with van der Waals surface area (Å²) < 4.78 is 11.0. The third-order valence-corrected chi connectivity index (χ3v) is 5.80. The van der Waals surface area contributed by atoms with Crippen molar-refractivity contribution in [2.24, 2.45) is 0 Å². The number of nitrogens with zero attached hydrogens (tertiary/aromatic N) is 1. The molecule has 3 aliphatic rings. The van der Waals surface area contributed by atoms with Crippen LogP contribution in [0.4, 0.5) is 0 Å². The molecule has 3 rings (SSSR count). The number of hydrogen-bond acceptors (Lipinski definition) is 5. The Hall–Kier alpha value is -0.690. The zero-order valence-corrected chi connectivity index (χ0v) is 14.0. The third kappa shape index (κ3) is 3.87. The maximum atomic E-state index is 12.8. The van der Waals surface area contributed by atoms with Crippen LogP contribution in [0, 0.1) is 0 Å². The lowest BCUT2D eigenvalue weighted by Gasteiger charge is -2.43. The molecule has 0 aromatic carbocycles. The molecular weight excluding hydrogens is 296 g/mol. The minimum absolute atomic E-state index is 0.00767. The Morgan fingerprint density at radius 3 is 2.43 bits per heavy atom. The molecule has 2 N–H and O–H groups in total. The summed E-state index contributed by atoms with van der Waals surface area (Å²) in [5.41, 5.74) is -0.357. The first-order valence-electron chi connectivity index (χ1n) is 9.01. The van der Waals surface area contributed by atoms with Gasteiger partial charge in [-0.25, -0.2) is 0 Å². The summed E-state index contributed by atoms with van der Waals surface area (Å²) in [6.45, 7) is 4.66. The van der Waals surface area contributed by atoms with Crippen molar-refractivity contribution in [3.05, 3.63) is 0 Å². The van der Waals surface area contributed by atoms with Gasteiger partial charge in [-0.2, -0.15) is 0 Å². The molecule has 1 atom stereocenters. The molecule has 6 heteroatoms. The molecule has 23 heavy (non-hydrogen) atoms. The highest BCUT2D eigenvalue weighted by atomic mass is 16.5. The number of aliphatic hydroxyl groups is 1. The number of aliphatic hydroxyl groups excluding tert-OH is 1. The average molecular weight is 326 g/mol. The summed E-state index contributed by atoms with van der Waals surface area (Å²) >= 11 is 0. The SMILES string of the molecule is O=C(CC1(N2CCOCC2)CCCC1)NC1(CCO)CCOC1. The van der Waals surface area contributed by atoms with Crippen molar-refractivity contribution in [2.45, 2.75) is 56.0 Å². The van der Waals surface area contributed by atoms with Gasteiger partial charge in [-0.3, -0.25) is 9.69 Å². The lowest BCUT2D eigenvalue weighted by atomic mass is 9.88. The minimum atomic E-state index is -0.364. The zero-order valence-electron chi connectivity index (χ0n) is 14.0. The van der Waals surface area contributed by atoms with Crippen molar-refractivity contribution in [1.29, 1.82) is 0 Å². The van der Waals surface area contributed by atoms with E-state index in [0.717, 1.165) is 45.6 Å². The average Bonchev–Trinajstić information content (AvgIpc) is 3.19. The van der Waals surface area contributed by atoms with Gasteiger partial charge in [0.2, 0.25) is 5.91 Å². The van der Waals surface area contributed by atoms with Crippen LogP contribution in [-0.4, -0.2) is 73.1 Å². The Morgan fingerprint density at radius 1 is 1.09 bits per heavy atom. The highest BCUT2D eigenvalue weighted by molar-refractivity contribution is 5.78. The van der Waals surface area contributed by atoms with E-state index in [1.54, 1.807) is 0 Å². The van der Waals surface area contributed by atoms with Crippen LogP contribution >= 0.6 is 0 Å². The van der Waals surface area contributed by atoms with E-state index in [2.05, 4.69) is 10.2 Å². The molecule has 132 valence electrons. The molecule has 1 aliphatic carbocycles. The fraction of sp³-hybridized carbons (Fsp3) is 0.941. The van der Waals surface area contributed by atoms with Gasteiger partial charge in [0.1, 0.15) is 0 Å². The molecule has 0 radical (unpaired) electrons. The van der Waals surface area contributed by atoms with Crippen molar-refractivity contribution in [2.75, 3.05) is 46.1 Å². The van der Waals surface area contributed by atoms with Crippen LogP contribution in [0.1, 0.15) is 44.9 Å². The quantitative estimate of drug-likeness (QED) is 0.751. The summed E-state index contributed by atoms with van der Waals surface area (Å²) in [6.07, 6.45) is 6.53. The van der Waals surface area contributed by atoms with Crippen molar-refractivity contribution in [3.63, 3.8) is 0 Å². The lowest BCUT2D eigenvalue weighted by Crippen LogP contribution is -2.56. The second kappa shape index (κ2) is 7.47. The number of amides is 1. The summed E-state index contributed by atoms with van der Waals surface area (Å²) in [5, 5.41) is 12.5. The Labute approximate surface area is 138 Å². The Bertz CT molecular complexity index is 397. The number of carbonyl (C=O) groups excluding carboxylic acids is 1. The van der Waals surface area contributed by atoms with E-state index in [-0.39, 0.29) is 23.6 Å². The Morgan fingerprint density at radius 2 is 1.83 bits per heavy atom. The molecule has 3 fully saturated rings. The van der Waals surface area contributed by atoms with Crippen molar-refractivity contribution in [1.82, 2.24) is 10.2 Å². The van der Waals surface area contributed by atoms with Gasteiger partial charge in [0.25, 0.3) is 0 Å². The first-order valence-corrected chi connectivity index (χ1v) is 9.01. The molecule has 1 unspecified atom stereocenters. The lowest BCUT2D eigenvalue weighted by molar-refractivity contribution is -0.127. The van der Waals surface area contributed by atoms with Crippen molar-refractivity contribution >= 4 is 5.91 Å². The molecule has 1 saturated carbocycles. The smallest absolute Gasteiger partial charge is 0.222 e. The minimum Gasteiger partial charge on any atom is -0.396 e. The van der Waals surface area contributed by atoms with Gasteiger partial charge in [-0.05, 0) is 25.7 Å². The molecule has 2 aliphatic heterocycles. The summed E-state index contributed by atoms with van der Waals surface area (Å²) in [5.74, 6) is 0.109. The number of hydrogen-bond donors (Lipinski definition) is 2. The molecular formula is C17H30N2O4. The maximum absolute atomic E-state index is 12.8. The van der Waals surface area contributed by atoms with Gasteiger partial charge in [0.15, 0.2) is 0 Å². The van der Waals surface area contributed by atoms with E-state index in [0.29, 0.717) is 26.1 Å². The van der Waals surface area contributed by atoms with Gasteiger partial charge < -0.3 is 19.9 Å². The molecule has 2 saturated heterocycles. The van der Waals surface area contributed by atoms with Gasteiger partial charge in [0, 0.05) is 38.3 Å². The standard InChI is InChI=1S/C17H30N2O4/c20-9-5-16(6-10-23-14-16)18-15(21)13-17(3-1-2-4-17)19-7-11-22-12-8-19/h20H,1-14H2,(H,18,21). The summed E-state index contributed by atoms with van der Waals surface area (Å²) in [7, 11) is 0. The van der Waals surface area contributed by atoms with E-state index in [9.17, 15) is 9.90 Å². The van der Waals surface area contributed by atoms with Crippen LogP contribution in [0.3, 0.4) is 0 Å². The van der Waals surface area contributed by atoms with Crippen LogP contribution in [0.15, 0.2) is 0 Å². The highest BCUT2D eigenvalue weighted by Crippen LogP contribution is 2.39. The second-order valence-corrected chi connectivity index (χ2v) is 7.31. The van der Waals surface area contributed by atoms with Gasteiger partial charge in [-0.15, -0.1) is 0 Å². The second-order valence-electron chi connectivity index (χ2n) is 7.31. The summed E-state index contributed by atoms with van der Waals surface area (Å²) in [6, 6.07) is 0. The normalized spacial score (nSPS) is 31.3. The first-order chi connectivity index (χ1) is 11.2. The van der Waals surface area contributed by atoms with E-state index >= 15 is 0 Å². The van der Waals surface area contributed by atoms with Crippen molar-refractivity contribution < 1.29 is 19.4 Å². The largest absolute Gasteiger partial charge is 0.396 e. The molecule has 6 nitrogen and oxygen atoms in total. The van der Waals surface area contributed by atoms with Gasteiger partial charge in [-0.1, -0.05) is 12.8 Å². The number of carbonyl (C=O) groups is 1. The molecule has 1 amide bonds. The number of rotatable bonds is 6. The van der Waals surface area contributed by atoms with Crippen LogP contribution < -0.4 is 5.32 Å². The van der Waals surface area contributed by atoms with Gasteiger partial charge >= 0.3 is 0 Å². The van der Waals surface area contributed by atoms with Crippen molar-refractivity contribution in [3.8, 4) is 0 Å². The predicted molar refractivity (Wildman–Crippen MR) is 86.2 cm³/mol. The van der Waals surface area contributed by atoms with Gasteiger partial charge in [0.05, 0.1) is 25.4 Å². The molecule has 0 aromatic heterocycles. The van der Waals surface area contributed by atoms with Crippen LogP contribution in [0.25, 0.3) is 0 Å². The Kier molecular flexibility index (Phi) is 5.57. The number of morpholine rings is 1. The monoisotopic (exact) mass is 326 g/mol. The zero-order chi connectivity index (χ0) is 16.2. The molecule has 0 spiro atoms. The first kappa shape index (κ1) is 17.1. The molecule has 2 heterocycles. The van der Waals surface area contributed by atoms with E-state index < -0.39 is 0 Å². The van der Waals surface area contributed by atoms with E-state index in [1.807, 2.05) is 0 Å². The van der Waals surface area contributed by atoms with Crippen LogP contribution in [0.5, 0.6) is 0 Å². The Balaban J connectivity index is 1.64. The number of ether oxygens (including phenoxy) is 2. The fourth-order valence-electron chi connectivity index (χ4n) is 4.49. The molecule has 0 aromatic rings. The number of nitrogens with one attached hydrogen (secondary N) is 1. The van der Waals surface area contributed by atoms with Crippen LogP contribution in [-0.2, 0) is 14.3 Å². The summed E-state index contributed by atoms with van der Waals surface area (Å²) in [4.78, 5) is 15.3. The molecule has 0 bridgehead atoms. The topological polar surface area (TPSA) is 71.0 Å². The fourth-order valence-corrected chi connectivity index (χ4v) is 4.49. The van der Waals surface area contributed by atoms with E-state index in [4.69, 9.17) is 9.47 Å². The highest BCUT2D eigenvalue weighted by Gasteiger charge is 2.43.